The zero-order valence-corrected chi connectivity index (χ0v) is 27.5. The lowest BCUT2D eigenvalue weighted by molar-refractivity contribution is -0.143. The van der Waals surface area contributed by atoms with Crippen molar-refractivity contribution in [2.24, 2.45) is 0 Å². The van der Waals surface area contributed by atoms with Gasteiger partial charge in [-0.25, -0.2) is 24.5 Å². The van der Waals surface area contributed by atoms with Crippen molar-refractivity contribution < 1.29 is 50.5 Å². The summed E-state index contributed by atoms with van der Waals surface area (Å²) in [7, 11) is 0. The molecule has 1 N–H and O–H groups in total. The standard InChI is InChI=1S/C33H29F6N5O5S/c1-16-10-19(29(45)46)4-5-23(16)28-41-17(2)27(50-28)24-14-40-30(43-6-8-48-9-7-43)42-25(24)15-44-18(3)26(49-31(44)47)20-11-21(32(34,35)36)13-22(12-20)33(37,38)39/h4-5,10-14,18,26H,6-9,15H2,1-3H3,(H,45,46). The number of halogens is 6. The van der Waals surface area contributed by atoms with Crippen LogP contribution < -0.4 is 4.90 Å². The topological polar surface area (TPSA) is 118 Å². The molecule has 6 rings (SSSR count). The van der Waals surface area contributed by atoms with Crippen molar-refractivity contribution in [1.29, 1.82) is 0 Å². The lowest BCUT2D eigenvalue weighted by Crippen LogP contribution is -2.38. The molecule has 17 heteroatoms. The molecule has 2 fully saturated rings. The van der Waals surface area contributed by atoms with Gasteiger partial charge in [0.15, 0.2) is 0 Å². The Labute approximate surface area is 285 Å². The molecule has 0 saturated carbocycles. The van der Waals surface area contributed by atoms with Gasteiger partial charge in [-0.05, 0) is 62.2 Å². The van der Waals surface area contributed by atoms with E-state index in [0.29, 0.717) is 82.3 Å². The number of cyclic esters (lactones) is 1. The first-order valence-corrected chi connectivity index (χ1v) is 16.1. The smallest absolute Gasteiger partial charge is 0.416 e. The number of rotatable bonds is 7. The average Bonchev–Trinajstić information content (AvgIpc) is 3.58. The molecular weight excluding hydrogens is 692 g/mol. The van der Waals surface area contributed by atoms with Crippen molar-refractivity contribution in [1.82, 2.24) is 19.9 Å². The van der Waals surface area contributed by atoms with Gasteiger partial charge in [0.2, 0.25) is 5.95 Å². The lowest BCUT2D eigenvalue weighted by atomic mass is 9.97. The van der Waals surface area contributed by atoms with E-state index in [2.05, 4.69) is 4.98 Å². The fourth-order valence-electron chi connectivity index (χ4n) is 5.89. The molecule has 2 unspecified atom stereocenters. The summed E-state index contributed by atoms with van der Waals surface area (Å²) in [5, 5.41) is 9.97. The number of thiazole rings is 1. The van der Waals surface area contributed by atoms with Gasteiger partial charge in [0.05, 0.1) is 58.8 Å². The van der Waals surface area contributed by atoms with Crippen molar-refractivity contribution in [2.45, 2.75) is 51.8 Å². The molecule has 10 nitrogen and oxygen atoms in total. The highest BCUT2D eigenvalue weighted by Crippen LogP contribution is 2.43. The molecule has 264 valence electrons. The molecule has 2 aliphatic heterocycles. The number of morpholine rings is 1. The first-order valence-electron chi connectivity index (χ1n) is 15.3. The largest absolute Gasteiger partial charge is 0.478 e. The second-order valence-electron chi connectivity index (χ2n) is 11.9. The van der Waals surface area contributed by atoms with E-state index in [1.54, 1.807) is 32.2 Å². The molecule has 0 aliphatic carbocycles. The molecule has 2 saturated heterocycles. The number of nitrogens with zero attached hydrogens (tertiary/aromatic N) is 5. The Morgan fingerprint density at radius 2 is 1.64 bits per heavy atom. The molecule has 0 spiro atoms. The number of carbonyl (C=O) groups is 2. The van der Waals surface area contributed by atoms with Gasteiger partial charge < -0.3 is 19.5 Å². The Hall–Kier alpha value is -4.77. The van der Waals surface area contributed by atoms with Crippen LogP contribution in [-0.4, -0.2) is 69.4 Å². The Morgan fingerprint density at radius 1 is 0.980 bits per heavy atom. The predicted molar refractivity (Wildman–Crippen MR) is 169 cm³/mol. The van der Waals surface area contributed by atoms with E-state index in [1.165, 1.54) is 29.2 Å². The minimum Gasteiger partial charge on any atom is -0.478 e. The zero-order chi connectivity index (χ0) is 36.1. The summed E-state index contributed by atoms with van der Waals surface area (Å²) in [6.45, 7) is 6.66. The number of ether oxygens (including phenoxy) is 2. The van der Waals surface area contributed by atoms with Gasteiger partial charge in [0.25, 0.3) is 0 Å². The van der Waals surface area contributed by atoms with Crippen LogP contribution in [0.5, 0.6) is 0 Å². The van der Waals surface area contributed by atoms with E-state index in [9.17, 15) is 41.0 Å². The van der Waals surface area contributed by atoms with Crippen LogP contribution in [0.2, 0.25) is 0 Å². The maximum Gasteiger partial charge on any atom is 0.416 e. The first-order chi connectivity index (χ1) is 23.5. The van der Waals surface area contributed by atoms with Gasteiger partial charge in [-0.2, -0.15) is 26.3 Å². The predicted octanol–water partition coefficient (Wildman–Crippen LogP) is 7.54. The Balaban J connectivity index is 1.38. The zero-order valence-electron chi connectivity index (χ0n) is 26.7. The molecule has 2 atom stereocenters. The molecular formula is C33H29F6N5O5S. The summed E-state index contributed by atoms with van der Waals surface area (Å²) in [4.78, 5) is 42.6. The lowest BCUT2D eigenvalue weighted by Gasteiger charge is -2.28. The highest BCUT2D eigenvalue weighted by Gasteiger charge is 2.44. The molecule has 4 aromatic rings. The molecule has 4 heterocycles. The molecule has 2 aromatic carbocycles. The summed E-state index contributed by atoms with van der Waals surface area (Å²) >= 11 is 1.29. The van der Waals surface area contributed by atoms with Crippen molar-refractivity contribution in [3.05, 3.63) is 81.8 Å². The Bertz CT molecular complexity index is 1930. The van der Waals surface area contributed by atoms with E-state index in [0.717, 1.165) is 0 Å². The SMILES string of the molecule is Cc1cc(C(=O)O)ccc1-c1nc(C)c(-c2cnc(N3CCOCC3)nc2CN2C(=O)OC(c3cc(C(F)(F)F)cc(C(F)(F)F)c3)C2C)s1. The second kappa shape index (κ2) is 13.2. The van der Waals surface area contributed by atoms with E-state index in [1.807, 2.05) is 4.90 Å². The molecule has 0 bridgehead atoms. The number of aromatic carboxylic acids is 1. The number of carbonyl (C=O) groups excluding carboxylic acids is 1. The van der Waals surface area contributed by atoms with Crippen LogP contribution in [0.4, 0.5) is 37.1 Å². The highest BCUT2D eigenvalue weighted by atomic mass is 32.1. The Morgan fingerprint density at radius 3 is 2.24 bits per heavy atom. The summed E-state index contributed by atoms with van der Waals surface area (Å²) in [5.41, 5.74) is -0.504. The fraction of sp³-hybridized carbons (Fsp3) is 0.364. The minimum absolute atomic E-state index is 0.0245. The van der Waals surface area contributed by atoms with E-state index in [-0.39, 0.29) is 18.2 Å². The maximum atomic E-state index is 13.6. The third kappa shape index (κ3) is 6.96. The van der Waals surface area contributed by atoms with Crippen LogP contribution in [0.25, 0.3) is 21.0 Å². The van der Waals surface area contributed by atoms with Gasteiger partial charge >= 0.3 is 24.4 Å². The monoisotopic (exact) mass is 721 g/mol. The van der Waals surface area contributed by atoms with E-state index >= 15 is 0 Å². The van der Waals surface area contributed by atoms with Crippen LogP contribution in [0.1, 0.15) is 57.0 Å². The number of anilines is 1. The van der Waals surface area contributed by atoms with Crippen molar-refractivity contribution in [2.75, 3.05) is 31.2 Å². The second-order valence-corrected chi connectivity index (χ2v) is 12.9. The van der Waals surface area contributed by atoms with E-state index in [4.69, 9.17) is 19.4 Å². The molecule has 2 aromatic heterocycles. The van der Waals surface area contributed by atoms with Crippen LogP contribution in [0.15, 0.2) is 42.6 Å². The molecule has 1 amide bonds. The van der Waals surface area contributed by atoms with E-state index < -0.39 is 53.3 Å². The number of benzene rings is 2. The number of carboxylic acids is 1. The number of carboxylic acid groups (broad SMARTS) is 1. The number of aryl methyl sites for hydroxylation is 2. The molecule has 50 heavy (non-hydrogen) atoms. The van der Waals surface area contributed by atoms with Crippen molar-refractivity contribution >= 4 is 29.3 Å². The molecule has 0 radical (unpaired) electrons. The van der Waals surface area contributed by atoms with Crippen LogP contribution in [-0.2, 0) is 28.4 Å². The number of hydrogen-bond donors (Lipinski definition) is 1. The summed E-state index contributed by atoms with van der Waals surface area (Å²) in [5.74, 6) is -0.720. The van der Waals surface area contributed by atoms with Gasteiger partial charge in [-0.15, -0.1) is 11.3 Å². The highest BCUT2D eigenvalue weighted by molar-refractivity contribution is 7.18. The van der Waals surface area contributed by atoms with Crippen LogP contribution >= 0.6 is 11.3 Å². The number of alkyl halides is 6. The average molecular weight is 722 g/mol. The van der Waals surface area contributed by atoms with Crippen molar-refractivity contribution in [3.8, 4) is 21.0 Å². The van der Waals surface area contributed by atoms with Gasteiger partial charge in [-0.3, -0.25) is 4.90 Å². The van der Waals surface area contributed by atoms with Crippen LogP contribution in [0.3, 0.4) is 0 Å². The Kier molecular flexibility index (Phi) is 9.24. The third-order valence-electron chi connectivity index (χ3n) is 8.54. The van der Waals surface area contributed by atoms with Gasteiger partial charge in [-0.1, -0.05) is 6.07 Å². The summed E-state index contributed by atoms with van der Waals surface area (Å²) in [6, 6.07) is 4.84. The van der Waals surface area contributed by atoms with Gasteiger partial charge in [0.1, 0.15) is 11.1 Å². The molecule has 2 aliphatic rings. The number of hydrogen-bond acceptors (Lipinski definition) is 9. The summed E-state index contributed by atoms with van der Waals surface area (Å²) < 4.78 is 92.7. The normalized spacial score (nSPS) is 18.5. The van der Waals surface area contributed by atoms with Crippen LogP contribution in [0, 0.1) is 13.8 Å². The maximum absolute atomic E-state index is 13.6. The quantitative estimate of drug-likeness (QED) is 0.193. The third-order valence-corrected chi connectivity index (χ3v) is 9.77. The minimum atomic E-state index is -5.07. The summed E-state index contributed by atoms with van der Waals surface area (Å²) in [6.07, 6.45) is -10.9. The first kappa shape index (κ1) is 35.1. The fourth-order valence-corrected chi connectivity index (χ4v) is 7.08. The van der Waals surface area contributed by atoms with Gasteiger partial charge in [0, 0.05) is 30.4 Å². The van der Waals surface area contributed by atoms with Crippen molar-refractivity contribution in [3.63, 3.8) is 0 Å². The number of aromatic nitrogens is 3. The number of amides is 1.